The molecule has 0 bridgehead atoms. The molecule has 4 rings (SSSR count). The molecular weight excluding hydrogens is 258 g/mol. The van der Waals surface area contributed by atoms with E-state index in [2.05, 4.69) is 27.8 Å². The molecule has 0 aliphatic heterocycles. The third-order valence-corrected chi connectivity index (χ3v) is 3.49. The highest BCUT2D eigenvalue weighted by atomic mass is 15.1. The normalized spacial score (nSPS) is 10.9. The minimum atomic E-state index is 0.913. The van der Waals surface area contributed by atoms with Crippen molar-refractivity contribution in [1.29, 1.82) is 0 Å². The molecule has 0 amide bonds. The largest absolute Gasteiger partial charge is 0.292 e. The molecule has 3 heteroatoms. The Kier molecular flexibility index (Phi) is 2.75. The van der Waals surface area contributed by atoms with Crippen molar-refractivity contribution in [3.63, 3.8) is 0 Å². The number of hydrogen-bond donors (Lipinski definition) is 0. The standard InChI is InChI=1S/C18H13N3/c1-2-8-15(9-3-1)21-17-11-5-4-10-16(17)20-18(21)14-7-6-12-19-13-14/h1-13H. The molecule has 100 valence electrons. The maximum absolute atomic E-state index is 4.78. The Hall–Kier alpha value is -2.94. The molecule has 0 radical (unpaired) electrons. The first kappa shape index (κ1) is 11.9. The summed E-state index contributed by atoms with van der Waals surface area (Å²) in [4.78, 5) is 8.99. The third kappa shape index (κ3) is 1.99. The van der Waals surface area contributed by atoms with Crippen LogP contribution < -0.4 is 0 Å². The highest BCUT2D eigenvalue weighted by Gasteiger charge is 2.13. The molecule has 3 nitrogen and oxygen atoms in total. The summed E-state index contributed by atoms with van der Waals surface area (Å²) >= 11 is 0. The fourth-order valence-electron chi connectivity index (χ4n) is 2.55. The molecule has 0 fully saturated rings. The molecule has 2 heterocycles. The molecule has 2 aromatic carbocycles. The van der Waals surface area contributed by atoms with Gasteiger partial charge < -0.3 is 0 Å². The van der Waals surface area contributed by atoms with Crippen molar-refractivity contribution in [2.75, 3.05) is 0 Å². The zero-order chi connectivity index (χ0) is 14.1. The SMILES string of the molecule is c1ccc(-n2c(-c3cccnc3)nc3ccccc32)cc1. The van der Waals surface area contributed by atoms with Gasteiger partial charge in [0, 0.05) is 23.6 Å². The summed E-state index contributed by atoms with van der Waals surface area (Å²) in [6, 6.07) is 22.4. The van der Waals surface area contributed by atoms with Crippen LogP contribution in [-0.4, -0.2) is 14.5 Å². The minimum absolute atomic E-state index is 0.913. The van der Waals surface area contributed by atoms with Crippen molar-refractivity contribution in [1.82, 2.24) is 14.5 Å². The van der Waals surface area contributed by atoms with Crippen LogP contribution >= 0.6 is 0 Å². The number of hydrogen-bond acceptors (Lipinski definition) is 2. The topological polar surface area (TPSA) is 30.7 Å². The molecule has 0 saturated heterocycles. The van der Waals surface area contributed by atoms with Gasteiger partial charge in [-0.25, -0.2) is 4.98 Å². The van der Waals surface area contributed by atoms with E-state index in [1.807, 2.05) is 54.7 Å². The summed E-state index contributed by atoms with van der Waals surface area (Å²) in [5.74, 6) is 0.913. The fraction of sp³-hybridized carbons (Fsp3) is 0. The fourth-order valence-corrected chi connectivity index (χ4v) is 2.55. The van der Waals surface area contributed by atoms with Crippen LogP contribution in [-0.2, 0) is 0 Å². The number of pyridine rings is 1. The Morgan fingerprint density at radius 3 is 2.38 bits per heavy atom. The number of nitrogens with zero attached hydrogens (tertiary/aromatic N) is 3. The van der Waals surface area contributed by atoms with Crippen LogP contribution in [0.25, 0.3) is 28.1 Å². The second-order valence-corrected chi connectivity index (χ2v) is 4.84. The van der Waals surface area contributed by atoms with Gasteiger partial charge in [0.1, 0.15) is 5.82 Å². The van der Waals surface area contributed by atoms with E-state index in [0.717, 1.165) is 28.1 Å². The predicted octanol–water partition coefficient (Wildman–Crippen LogP) is 4.09. The van der Waals surface area contributed by atoms with E-state index in [0.29, 0.717) is 0 Å². The van der Waals surface area contributed by atoms with Crippen LogP contribution in [0.4, 0.5) is 0 Å². The van der Waals surface area contributed by atoms with Crippen molar-refractivity contribution in [3.05, 3.63) is 79.1 Å². The maximum Gasteiger partial charge on any atom is 0.147 e. The molecule has 21 heavy (non-hydrogen) atoms. The number of fused-ring (bicyclic) bond motifs is 1. The first-order chi connectivity index (χ1) is 10.4. The zero-order valence-corrected chi connectivity index (χ0v) is 11.3. The molecule has 0 N–H and O–H groups in total. The van der Waals surface area contributed by atoms with Gasteiger partial charge in [-0.2, -0.15) is 0 Å². The molecule has 0 aliphatic rings. The van der Waals surface area contributed by atoms with Gasteiger partial charge in [-0.15, -0.1) is 0 Å². The second-order valence-electron chi connectivity index (χ2n) is 4.84. The summed E-state index contributed by atoms with van der Waals surface area (Å²) in [6.07, 6.45) is 3.62. The first-order valence-corrected chi connectivity index (χ1v) is 6.87. The molecule has 0 saturated carbocycles. The van der Waals surface area contributed by atoms with Crippen LogP contribution in [0, 0.1) is 0 Å². The lowest BCUT2D eigenvalue weighted by atomic mass is 10.2. The molecule has 4 aromatic rings. The first-order valence-electron chi connectivity index (χ1n) is 6.87. The monoisotopic (exact) mass is 271 g/mol. The van der Waals surface area contributed by atoms with Crippen LogP contribution in [0.5, 0.6) is 0 Å². The Labute approximate surface area is 122 Å². The van der Waals surface area contributed by atoms with Gasteiger partial charge in [0.15, 0.2) is 0 Å². The average Bonchev–Trinajstić information content (AvgIpc) is 2.96. The summed E-state index contributed by atoms with van der Waals surface area (Å²) in [5, 5.41) is 0. The second kappa shape index (κ2) is 4.87. The Morgan fingerprint density at radius 2 is 1.57 bits per heavy atom. The van der Waals surface area contributed by atoms with E-state index >= 15 is 0 Å². The molecular formula is C18H13N3. The summed E-state index contributed by atoms with van der Waals surface area (Å²) in [7, 11) is 0. The average molecular weight is 271 g/mol. The van der Waals surface area contributed by atoms with Crippen LogP contribution in [0.3, 0.4) is 0 Å². The van der Waals surface area contributed by atoms with E-state index in [-0.39, 0.29) is 0 Å². The lowest BCUT2D eigenvalue weighted by Gasteiger charge is -2.08. The van der Waals surface area contributed by atoms with Crippen molar-refractivity contribution in [2.45, 2.75) is 0 Å². The number of para-hydroxylation sites is 3. The lowest BCUT2D eigenvalue weighted by Crippen LogP contribution is -1.97. The zero-order valence-electron chi connectivity index (χ0n) is 11.3. The lowest BCUT2D eigenvalue weighted by molar-refractivity contribution is 1.10. The van der Waals surface area contributed by atoms with E-state index in [4.69, 9.17) is 4.98 Å². The van der Waals surface area contributed by atoms with Gasteiger partial charge in [0.05, 0.1) is 11.0 Å². The van der Waals surface area contributed by atoms with Gasteiger partial charge in [-0.3, -0.25) is 9.55 Å². The minimum Gasteiger partial charge on any atom is -0.292 e. The number of rotatable bonds is 2. The quantitative estimate of drug-likeness (QED) is 0.550. The van der Waals surface area contributed by atoms with Gasteiger partial charge in [0.2, 0.25) is 0 Å². The highest BCUT2D eigenvalue weighted by molar-refractivity contribution is 5.83. The van der Waals surface area contributed by atoms with Gasteiger partial charge in [0.25, 0.3) is 0 Å². The summed E-state index contributed by atoms with van der Waals surface area (Å²) < 4.78 is 2.17. The third-order valence-electron chi connectivity index (χ3n) is 3.49. The summed E-state index contributed by atoms with van der Waals surface area (Å²) in [5.41, 5.74) is 4.20. The van der Waals surface area contributed by atoms with Crippen LogP contribution in [0.1, 0.15) is 0 Å². The van der Waals surface area contributed by atoms with E-state index in [9.17, 15) is 0 Å². The van der Waals surface area contributed by atoms with Crippen LogP contribution in [0.2, 0.25) is 0 Å². The van der Waals surface area contributed by atoms with Crippen molar-refractivity contribution in [2.24, 2.45) is 0 Å². The van der Waals surface area contributed by atoms with Gasteiger partial charge in [-0.05, 0) is 36.4 Å². The Bertz CT molecular complexity index is 880. The number of imidazole rings is 1. The van der Waals surface area contributed by atoms with E-state index in [1.165, 1.54) is 0 Å². The van der Waals surface area contributed by atoms with Crippen molar-refractivity contribution >= 4 is 11.0 Å². The Morgan fingerprint density at radius 1 is 0.762 bits per heavy atom. The maximum atomic E-state index is 4.78. The smallest absolute Gasteiger partial charge is 0.147 e. The summed E-state index contributed by atoms with van der Waals surface area (Å²) in [6.45, 7) is 0. The number of aromatic nitrogens is 3. The number of benzene rings is 2. The van der Waals surface area contributed by atoms with E-state index in [1.54, 1.807) is 6.20 Å². The molecule has 0 atom stereocenters. The molecule has 2 aromatic heterocycles. The highest BCUT2D eigenvalue weighted by Crippen LogP contribution is 2.27. The molecule has 0 spiro atoms. The van der Waals surface area contributed by atoms with Crippen molar-refractivity contribution < 1.29 is 0 Å². The molecule has 0 unspecified atom stereocenters. The Balaban J connectivity index is 2.07. The predicted molar refractivity (Wildman–Crippen MR) is 84.3 cm³/mol. The van der Waals surface area contributed by atoms with Gasteiger partial charge >= 0.3 is 0 Å². The van der Waals surface area contributed by atoms with Crippen molar-refractivity contribution in [3.8, 4) is 17.1 Å². The van der Waals surface area contributed by atoms with Crippen LogP contribution in [0.15, 0.2) is 79.1 Å². The van der Waals surface area contributed by atoms with E-state index < -0.39 is 0 Å². The molecule has 0 aliphatic carbocycles. The van der Waals surface area contributed by atoms with Gasteiger partial charge in [-0.1, -0.05) is 30.3 Å².